The van der Waals surface area contributed by atoms with Crippen LogP contribution in [0.3, 0.4) is 0 Å². The van der Waals surface area contributed by atoms with E-state index in [1.807, 2.05) is 6.07 Å². The zero-order valence-corrected chi connectivity index (χ0v) is 13.9. The second-order valence-corrected chi connectivity index (χ2v) is 5.37. The average molecular weight is 338 g/mol. The van der Waals surface area contributed by atoms with Crippen molar-refractivity contribution in [3.63, 3.8) is 0 Å². The van der Waals surface area contributed by atoms with Crippen molar-refractivity contribution in [1.82, 2.24) is 4.90 Å². The number of benzene rings is 2. The molecule has 1 amide bonds. The normalized spacial score (nSPS) is 10.3. The Morgan fingerprint density at radius 2 is 1.96 bits per heavy atom. The Balaban J connectivity index is 2.25. The highest BCUT2D eigenvalue weighted by atomic mass is 35.5. The number of hydrogen-bond acceptors (Lipinski definition) is 3. The first-order valence-corrected chi connectivity index (χ1v) is 7.26. The van der Waals surface area contributed by atoms with Crippen LogP contribution < -0.4 is 9.47 Å². The molecule has 0 atom stereocenters. The topological polar surface area (TPSA) is 38.8 Å². The predicted molar refractivity (Wildman–Crippen MR) is 86.8 cm³/mol. The van der Waals surface area contributed by atoms with Gasteiger partial charge in [-0.25, -0.2) is 4.39 Å². The van der Waals surface area contributed by atoms with Crippen LogP contribution >= 0.6 is 11.6 Å². The van der Waals surface area contributed by atoms with Crippen molar-refractivity contribution in [3.05, 3.63) is 58.4 Å². The van der Waals surface area contributed by atoms with Crippen molar-refractivity contribution >= 4 is 17.5 Å². The van der Waals surface area contributed by atoms with Crippen molar-refractivity contribution < 1.29 is 18.7 Å². The van der Waals surface area contributed by atoms with E-state index in [-0.39, 0.29) is 17.1 Å². The standard InChI is InChI=1S/C17H17ClFNO3/c1-20(17(21)13-8-7-12(18)9-14(13)19)10-11-5-4-6-15(22-2)16(11)23-3/h4-9H,10H2,1-3H3. The molecule has 2 aromatic rings. The minimum atomic E-state index is -0.646. The molecule has 0 saturated carbocycles. The third-order valence-electron chi connectivity index (χ3n) is 3.40. The van der Waals surface area contributed by atoms with E-state index in [4.69, 9.17) is 21.1 Å². The molecule has 2 rings (SSSR count). The second-order valence-electron chi connectivity index (χ2n) is 4.94. The van der Waals surface area contributed by atoms with Crippen molar-refractivity contribution in [1.29, 1.82) is 0 Å². The molecule has 0 unspecified atom stereocenters. The van der Waals surface area contributed by atoms with Crippen LogP contribution in [-0.2, 0) is 6.54 Å². The number of carbonyl (C=O) groups excluding carboxylic acids is 1. The van der Waals surface area contributed by atoms with Gasteiger partial charge in [-0.05, 0) is 24.3 Å². The molecule has 0 aliphatic rings. The molecule has 0 saturated heterocycles. The van der Waals surface area contributed by atoms with Gasteiger partial charge in [-0.15, -0.1) is 0 Å². The number of nitrogens with zero attached hydrogens (tertiary/aromatic N) is 1. The summed E-state index contributed by atoms with van der Waals surface area (Å²) < 4.78 is 24.5. The van der Waals surface area contributed by atoms with Gasteiger partial charge in [0.05, 0.1) is 19.8 Å². The maximum atomic E-state index is 13.9. The Kier molecular flexibility index (Phi) is 5.45. The second kappa shape index (κ2) is 7.33. The molecule has 0 aromatic heterocycles. The first-order valence-electron chi connectivity index (χ1n) is 6.88. The van der Waals surface area contributed by atoms with Crippen LogP contribution in [0.2, 0.25) is 5.02 Å². The molecule has 0 spiro atoms. The van der Waals surface area contributed by atoms with E-state index in [9.17, 15) is 9.18 Å². The number of halogens is 2. The van der Waals surface area contributed by atoms with Crippen molar-refractivity contribution in [2.24, 2.45) is 0 Å². The lowest BCUT2D eigenvalue weighted by atomic mass is 10.1. The van der Waals surface area contributed by atoms with E-state index < -0.39 is 11.7 Å². The number of ether oxygens (including phenoxy) is 2. The molecule has 0 aliphatic heterocycles. The summed E-state index contributed by atoms with van der Waals surface area (Å²) in [6, 6.07) is 9.37. The summed E-state index contributed by atoms with van der Waals surface area (Å²) >= 11 is 5.71. The molecular weight excluding hydrogens is 321 g/mol. The summed E-state index contributed by atoms with van der Waals surface area (Å²) in [5.41, 5.74) is 0.732. The molecule has 6 heteroatoms. The van der Waals surface area contributed by atoms with Crippen molar-refractivity contribution in [3.8, 4) is 11.5 Å². The quantitative estimate of drug-likeness (QED) is 0.833. The van der Waals surface area contributed by atoms with Gasteiger partial charge < -0.3 is 14.4 Å². The van der Waals surface area contributed by atoms with Crippen LogP contribution in [0, 0.1) is 5.82 Å². The summed E-state index contributed by atoms with van der Waals surface area (Å²) in [7, 11) is 4.66. The van der Waals surface area contributed by atoms with Gasteiger partial charge in [0.2, 0.25) is 0 Å². The number of carbonyl (C=O) groups is 1. The fraction of sp³-hybridized carbons (Fsp3) is 0.235. The highest BCUT2D eigenvalue weighted by Crippen LogP contribution is 2.31. The highest BCUT2D eigenvalue weighted by molar-refractivity contribution is 6.30. The van der Waals surface area contributed by atoms with Crippen LogP contribution in [0.25, 0.3) is 0 Å². The van der Waals surface area contributed by atoms with Gasteiger partial charge >= 0.3 is 0 Å². The molecule has 2 aromatic carbocycles. The van der Waals surface area contributed by atoms with E-state index >= 15 is 0 Å². The summed E-state index contributed by atoms with van der Waals surface area (Å²) in [6.45, 7) is 0.251. The number of para-hydroxylation sites is 1. The number of methoxy groups -OCH3 is 2. The Bertz CT molecular complexity index is 721. The van der Waals surface area contributed by atoms with Crippen LogP contribution in [0.15, 0.2) is 36.4 Å². The summed E-state index contributed by atoms with van der Waals surface area (Å²) in [5.74, 6) is 0.0331. The molecular formula is C17H17ClFNO3. The molecule has 0 fully saturated rings. The molecule has 0 radical (unpaired) electrons. The first-order chi connectivity index (χ1) is 11.0. The highest BCUT2D eigenvalue weighted by Gasteiger charge is 2.19. The lowest BCUT2D eigenvalue weighted by Crippen LogP contribution is -2.27. The summed E-state index contributed by atoms with van der Waals surface area (Å²) in [4.78, 5) is 13.8. The molecule has 0 aliphatic carbocycles. The zero-order valence-electron chi connectivity index (χ0n) is 13.1. The molecule has 0 N–H and O–H groups in total. The molecule has 0 heterocycles. The van der Waals surface area contributed by atoms with Gasteiger partial charge in [0, 0.05) is 24.2 Å². The maximum absolute atomic E-state index is 13.9. The molecule has 4 nitrogen and oxygen atoms in total. The van der Waals surface area contributed by atoms with E-state index in [0.29, 0.717) is 11.5 Å². The lowest BCUT2D eigenvalue weighted by molar-refractivity contribution is 0.0779. The largest absolute Gasteiger partial charge is 0.493 e. The maximum Gasteiger partial charge on any atom is 0.256 e. The number of rotatable bonds is 5. The fourth-order valence-corrected chi connectivity index (χ4v) is 2.43. The summed E-state index contributed by atoms with van der Waals surface area (Å²) in [6.07, 6.45) is 0. The zero-order chi connectivity index (χ0) is 17.0. The van der Waals surface area contributed by atoms with Crippen LogP contribution in [0.5, 0.6) is 11.5 Å². The minimum absolute atomic E-state index is 0.0289. The Morgan fingerprint density at radius 1 is 1.22 bits per heavy atom. The van der Waals surface area contributed by atoms with E-state index in [2.05, 4.69) is 0 Å². The molecule has 122 valence electrons. The van der Waals surface area contributed by atoms with Crippen molar-refractivity contribution in [2.75, 3.05) is 21.3 Å². The SMILES string of the molecule is COc1cccc(CN(C)C(=O)c2ccc(Cl)cc2F)c1OC. The van der Waals surface area contributed by atoms with Gasteiger partial charge in [0.15, 0.2) is 11.5 Å². The number of amides is 1. The smallest absolute Gasteiger partial charge is 0.256 e. The third kappa shape index (κ3) is 3.74. The third-order valence-corrected chi connectivity index (χ3v) is 3.64. The van der Waals surface area contributed by atoms with Gasteiger partial charge in [-0.2, -0.15) is 0 Å². The Labute approximate surface area is 139 Å². The van der Waals surface area contributed by atoms with Crippen LogP contribution in [0.1, 0.15) is 15.9 Å². The molecule has 0 bridgehead atoms. The summed E-state index contributed by atoms with van der Waals surface area (Å²) in [5, 5.41) is 0.246. The first kappa shape index (κ1) is 17.1. The van der Waals surface area contributed by atoms with Gasteiger partial charge in [-0.1, -0.05) is 23.7 Å². The average Bonchev–Trinajstić information content (AvgIpc) is 2.53. The Hall–Kier alpha value is -2.27. The van der Waals surface area contributed by atoms with Gasteiger partial charge in [-0.3, -0.25) is 4.79 Å². The molecule has 23 heavy (non-hydrogen) atoms. The van der Waals surface area contributed by atoms with Crippen molar-refractivity contribution in [2.45, 2.75) is 6.54 Å². The van der Waals surface area contributed by atoms with Crippen LogP contribution in [0.4, 0.5) is 4.39 Å². The van der Waals surface area contributed by atoms with E-state index in [0.717, 1.165) is 11.6 Å². The minimum Gasteiger partial charge on any atom is -0.493 e. The Morgan fingerprint density at radius 3 is 2.57 bits per heavy atom. The van der Waals surface area contributed by atoms with Gasteiger partial charge in [0.25, 0.3) is 5.91 Å². The van der Waals surface area contributed by atoms with E-state index in [1.54, 1.807) is 26.3 Å². The monoisotopic (exact) mass is 337 g/mol. The van der Waals surface area contributed by atoms with Crippen LogP contribution in [-0.4, -0.2) is 32.1 Å². The predicted octanol–water partition coefficient (Wildman–Crippen LogP) is 3.77. The van der Waals surface area contributed by atoms with E-state index in [1.165, 1.54) is 24.1 Å². The number of hydrogen-bond donors (Lipinski definition) is 0. The van der Waals surface area contributed by atoms with Gasteiger partial charge in [0.1, 0.15) is 5.82 Å². The lowest BCUT2D eigenvalue weighted by Gasteiger charge is -2.20. The fourth-order valence-electron chi connectivity index (χ4n) is 2.27.